The first-order valence-electron chi connectivity index (χ1n) is 12.8. The molecule has 190 valence electrons. The van der Waals surface area contributed by atoms with Crippen molar-refractivity contribution in [3.8, 4) is 11.5 Å². The molecule has 2 heterocycles. The Labute approximate surface area is 213 Å². The van der Waals surface area contributed by atoms with Gasteiger partial charge in [0.05, 0.1) is 11.3 Å². The van der Waals surface area contributed by atoms with E-state index in [2.05, 4.69) is 32.5 Å². The lowest BCUT2D eigenvalue weighted by Gasteiger charge is -2.24. The Hall–Kier alpha value is -3.49. The van der Waals surface area contributed by atoms with E-state index in [9.17, 15) is 0 Å². The number of nitrogens with one attached hydrogen (secondary N) is 3. The number of likely N-dealkylation sites (N-methyl/N-ethyl adjacent to an activating group) is 1. The van der Waals surface area contributed by atoms with Crippen LogP contribution in [0.5, 0.6) is 11.5 Å². The minimum Gasteiger partial charge on any atom is -0.457 e. The fraction of sp³-hybridized carbons (Fsp3) is 0.393. The highest BCUT2D eigenvalue weighted by molar-refractivity contribution is 6.16. The SMILES string of the molecule is CN1CCNCC1.N=C(c1ccc(Oc2ccccc2)cc1)c1c(N)ncnc1NC1CCCCC1. The van der Waals surface area contributed by atoms with Gasteiger partial charge in [-0.2, -0.15) is 0 Å². The van der Waals surface area contributed by atoms with Gasteiger partial charge in [-0.15, -0.1) is 0 Å². The molecule has 2 fully saturated rings. The third-order valence-corrected chi connectivity index (χ3v) is 6.54. The van der Waals surface area contributed by atoms with Gasteiger partial charge < -0.3 is 26.0 Å². The van der Waals surface area contributed by atoms with Gasteiger partial charge in [0, 0.05) is 37.8 Å². The van der Waals surface area contributed by atoms with E-state index in [4.69, 9.17) is 15.9 Å². The van der Waals surface area contributed by atoms with Crippen molar-refractivity contribution >= 4 is 17.3 Å². The fourth-order valence-electron chi connectivity index (χ4n) is 4.43. The van der Waals surface area contributed by atoms with E-state index in [0.717, 1.165) is 37.2 Å². The highest BCUT2D eigenvalue weighted by atomic mass is 16.5. The Morgan fingerprint density at radius 1 is 0.972 bits per heavy atom. The Morgan fingerprint density at radius 3 is 2.28 bits per heavy atom. The second-order valence-corrected chi connectivity index (χ2v) is 9.33. The van der Waals surface area contributed by atoms with Gasteiger partial charge >= 0.3 is 0 Å². The van der Waals surface area contributed by atoms with Gasteiger partial charge in [-0.05, 0) is 56.3 Å². The van der Waals surface area contributed by atoms with Crippen LogP contribution in [0.15, 0.2) is 60.9 Å². The zero-order chi connectivity index (χ0) is 25.2. The molecule has 0 bridgehead atoms. The number of nitrogens with zero attached hydrogens (tertiary/aromatic N) is 3. The van der Waals surface area contributed by atoms with Gasteiger partial charge in [0.25, 0.3) is 0 Å². The molecule has 5 rings (SSSR count). The summed E-state index contributed by atoms with van der Waals surface area (Å²) in [6.07, 6.45) is 7.39. The number of hydrogen-bond acceptors (Lipinski definition) is 8. The first-order valence-corrected chi connectivity index (χ1v) is 12.8. The molecule has 36 heavy (non-hydrogen) atoms. The summed E-state index contributed by atoms with van der Waals surface area (Å²) in [6.45, 7) is 4.74. The fourth-order valence-corrected chi connectivity index (χ4v) is 4.43. The molecule has 8 nitrogen and oxygen atoms in total. The Kier molecular flexibility index (Phi) is 9.24. The first-order chi connectivity index (χ1) is 17.6. The lowest BCUT2D eigenvalue weighted by Crippen LogP contribution is -2.40. The third kappa shape index (κ3) is 7.26. The van der Waals surface area contributed by atoms with Crippen molar-refractivity contribution < 1.29 is 4.74 Å². The number of benzene rings is 2. The van der Waals surface area contributed by atoms with Crippen LogP contribution in [-0.2, 0) is 0 Å². The van der Waals surface area contributed by atoms with E-state index in [1.54, 1.807) is 0 Å². The molecule has 1 saturated heterocycles. The van der Waals surface area contributed by atoms with Gasteiger partial charge in [-0.1, -0.05) is 37.5 Å². The van der Waals surface area contributed by atoms with Gasteiger partial charge in [-0.3, -0.25) is 5.41 Å². The maximum atomic E-state index is 8.72. The van der Waals surface area contributed by atoms with Crippen LogP contribution in [0.4, 0.5) is 11.6 Å². The van der Waals surface area contributed by atoms with Crippen molar-refractivity contribution in [2.45, 2.75) is 38.1 Å². The number of hydrogen-bond donors (Lipinski definition) is 4. The zero-order valence-corrected chi connectivity index (χ0v) is 21.0. The Bertz CT molecular complexity index is 1090. The van der Waals surface area contributed by atoms with E-state index in [1.807, 2.05) is 54.6 Å². The molecule has 1 aliphatic heterocycles. The van der Waals surface area contributed by atoms with E-state index < -0.39 is 0 Å². The molecule has 1 aliphatic carbocycles. The molecule has 8 heteroatoms. The standard InChI is InChI=1S/C23H25N5O.C5H12N2/c24-21(16-11-13-19(14-12-16)29-18-9-5-2-6-10-18)20-22(25)26-15-27-23(20)28-17-7-3-1-4-8-17;1-7-4-2-6-3-5-7/h2,5-6,9-15,17,24H,1,3-4,7-8H2,(H3,25,26,27,28);6H,2-5H2,1H3. The number of nitrogens with two attached hydrogens (primary N) is 1. The van der Waals surface area contributed by atoms with Crippen molar-refractivity contribution in [2.24, 2.45) is 0 Å². The normalized spacial score (nSPS) is 16.5. The predicted molar refractivity (Wildman–Crippen MR) is 146 cm³/mol. The summed E-state index contributed by atoms with van der Waals surface area (Å²) in [4.78, 5) is 10.8. The molecule has 0 unspecified atom stereocenters. The van der Waals surface area contributed by atoms with E-state index in [-0.39, 0.29) is 0 Å². The Morgan fingerprint density at radius 2 is 1.64 bits per heavy atom. The van der Waals surface area contributed by atoms with E-state index >= 15 is 0 Å². The minimum atomic E-state index is 0.299. The van der Waals surface area contributed by atoms with Gasteiger partial charge in [0.1, 0.15) is 29.5 Å². The number of para-hydroxylation sites is 1. The van der Waals surface area contributed by atoms with Crippen molar-refractivity contribution in [1.29, 1.82) is 5.41 Å². The number of ether oxygens (including phenoxy) is 1. The van der Waals surface area contributed by atoms with Crippen LogP contribution in [0.2, 0.25) is 0 Å². The van der Waals surface area contributed by atoms with Crippen LogP contribution in [0.25, 0.3) is 0 Å². The summed E-state index contributed by atoms with van der Waals surface area (Å²) in [7, 11) is 2.15. The van der Waals surface area contributed by atoms with Crippen molar-refractivity contribution in [3.05, 3.63) is 72.1 Å². The summed E-state index contributed by atoms with van der Waals surface area (Å²) in [5, 5.41) is 15.5. The smallest absolute Gasteiger partial charge is 0.141 e. The summed E-state index contributed by atoms with van der Waals surface area (Å²) >= 11 is 0. The maximum Gasteiger partial charge on any atom is 0.141 e. The summed E-state index contributed by atoms with van der Waals surface area (Å²) < 4.78 is 5.83. The molecule has 0 radical (unpaired) electrons. The van der Waals surface area contributed by atoms with Crippen molar-refractivity contribution in [1.82, 2.24) is 20.2 Å². The molecule has 3 aromatic rings. The molecule has 2 aliphatic rings. The average molecular weight is 488 g/mol. The maximum absolute atomic E-state index is 8.72. The van der Waals surface area contributed by atoms with Gasteiger partial charge in [0.15, 0.2) is 0 Å². The zero-order valence-electron chi connectivity index (χ0n) is 21.0. The van der Waals surface area contributed by atoms with Crippen LogP contribution >= 0.6 is 0 Å². The number of piperazine rings is 1. The second-order valence-electron chi connectivity index (χ2n) is 9.33. The number of nitrogen functional groups attached to an aromatic ring is 1. The van der Waals surface area contributed by atoms with E-state index in [1.165, 1.54) is 38.7 Å². The molecule has 0 amide bonds. The van der Waals surface area contributed by atoms with Gasteiger partial charge in [-0.25, -0.2) is 9.97 Å². The summed E-state index contributed by atoms with van der Waals surface area (Å²) in [5.74, 6) is 2.44. The van der Waals surface area contributed by atoms with Crippen LogP contribution in [-0.4, -0.2) is 59.8 Å². The first kappa shape index (κ1) is 25.6. The lowest BCUT2D eigenvalue weighted by molar-refractivity contribution is 0.291. The molecule has 1 saturated carbocycles. The third-order valence-electron chi connectivity index (χ3n) is 6.54. The highest BCUT2D eigenvalue weighted by Crippen LogP contribution is 2.27. The molecule has 2 aromatic carbocycles. The molecule has 5 N–H and O–H groups in total. The molecular formula is C28H37N7O. The second kappa shape index (κ2) is 13.0. The van der Waals surface area contributed by atoms with Crippen LogP contribution < -0.4 is 21.1 Å². The van der Waals surface area contributed by atoms with Crippen molar-refractivity contribution in [3.63, 3.8) is 0 Å². The predicted octanol–water partition coefficient (Wildman–Crippen LogP) is 4.53. The quantitative estimate of drug-likeness (QED) is 0.378. The van der Waals surface area contributed by atoms with Crippen LogP contribution in [0.3, 0.4) is 0 Å². The van der Waals surface area contributed by atoms with Crippen LogP contribution in [0, 0.1) is 5.41 Å². The Balaban J connectivity index is 0.000000375. The van der Waals surface area contributed by atoms with Crippen molar-refractivity contribution in [2.75, 3.05) is 44.3 Å². The van der Waals surface area contributed by atoms with E-state index in [0.29, 0.717) is 34.7 Å². The molecule has 0 spiro atoms. The number of anilines is 2. The monoisotopic (exact) mass is 487 g/mol. The highest BCUT2D eigenvalue weighted by Gasteiger charge is 2.20. The number of rotatable bonds is 6. The summed E-state index contributed by atoms with van der Waals surface area (Å²) in [6, 6.07) is 17.4. The molecule has 0 atom stereocenters. The van der Waals surface area contributed by atoms with Crippen LogP contribution in [0.1, 0.15) is 43.2 Å². The lowest BCUT2D eigenvalue weighted by atomic mass is 9.95. The topological polar surface area (TPSA) is 112 Å². The summed E-state index contributed by atoms with van der Waals surface area (Å²) in [5.41, 5.74) is 7.72. The molecular weight excluding hydrogens is 450 g/mol. The minimum absolute atomic E-state index is 0.299. The largest absolute Gasteiger partial charge is 0.457 e. The molecule has 1 aromatic heterocycles. The van der Waals surface area contributed by atoms with Gasteiger partial charge in [0.2, 0.25) is 0 Å². The number of aromatic nitrogens is 2. The average Bonchev–Trinajstić information content (AvgIpc) is 2.91.